The van der Waals surface area contributed by atoms with Crippen molar-refractivity contribution in [3.05, 3.63) is 53.6 Å². The number of amides is 1. The predicted octanol–water partition coefficient (Wildman–Crippen LogP) is 1.57. The molecule has 36 heavy (non-hydrogen) atoms. The van der Waals surface area contributed by atoms with E-state index in [2.05, 4.69) is 25.9 Å². The number of methoxy groups -OCH3 is 1. The topological polar surface area (TPSA) is 121 Å². The van der Waals surface area contributed by atoms with Gasteiger partial charge in [0.15, 0.2) is 5.82 Å². The van der Waals surface area contributed by atoms with Crippen LogP contribution in [0.4, 0.5) is 5.69 Å². The maximum absolute atomic E-state index is 12.9. The molecule has 1 amide bonds. The van der Waals surface area contributed by atoms with Gasteiger partial charge in [-0.1, -0.05) is 12.1 Å². The van der Waals surface area contributed by atoms with Crippen molar-refractivity contribution in [3.8, 4) is 0 Å². The normalized spacial score (nSPS) is 17.8. The molecule has 1 aromatic carbocycles. The van der Waals surface area contributed by atoms with Crippen molar-refractivity contribution in [2.75, 3.05) is 51.9 Å². The zero-order valence-electron chi connectivity index (χ0n) is 20.5. The minimum Gasteiger partial charge on any atom is -0.381 e. The number of rotatable bonds is 9. The van der Waals surface area contributed by atoms with Crippen molar-refractivity contribution >= 4 is 11.6 Å². The zero-order valence-corrected chi connectivity index (χ0v) is 20.5. The number of nitrogens with one attached hydrogen (secondary N) is 1. The van der Waals surface area contributed by atoms with Crippen molar-refractivity contribution in [1.29, 1.82) is 0 Å². The van der Waals surface area contributed by atoms with Gasteiger partial charge >= 0.3 is 0 Å². The maximum Gasteiger partial charge on any atom is 0.254 e. The summed E-state index contributed by atoms with van der Waals surface area (Å²) in [7, 11) is 1.63. The van der Waals surface area contributed by atoms with Crippen LogP contribution in [0.15, 0.2) is 36.7 Å². The van der Waals surface area contributed by atoms with Crippen LogP contribution >= 0.6 is 0 Å². The van der Waals surface area contributed by atoms with Gasteiger partial charge in [0.1, 0.15) is 12.8 Å². The fourth-order valence-corrected chi connectivity index (χ4v) is 4.59. The summed E-state index contributed by atoms with van der Waals surface area (Å²) in [5.74, 6) is 1.17. The molecule has 2 aliphatic rings. The van der Waals surface area contributed by atoms with Gasteiger partial charge in [-0.15, -0.1) is 5.10 Å². The second-order valence-electron chi connectivity index (χ2n) is 9.07. The summed E-state index contributed by atoms with van der Waals surface area (Å²) in [4.78, 5) is 14.8. The third-order valence-corrected chi connectivity index (χ3v) is 6.58. The average molecular weight is 497 g/mol. The van der Waals surface area contributed by atoms with E-state index in [1.165, 1.54) is 0 Å². The number of anilines is 1. The van der Waals surface area contributed by atoms with Crippen LogP contribution in [0.5, 0.6) is 0 Å². The van der Waals surface area contributed by atoms with E-state index in [0.717, 1.165) is 43.9 Å². The quantitative estimate of drug-likeness (QED) is 0.470. The monoisotopic (exact) mass is 496 g/mol. The molecule has 12 nitrogen and oxygen atoms in total. The lowest BCUT2D eigenvalue weighted by Gasteiger charge is -2.27. The van der Waals surface area contributed by atoms with Gasteiger partial charge in [0.25, 0.3) is 5.91 Å². The van der Waals surface area contributed by atoms with Crippen LogP contribution in [-0.2, 0) is 27.5 Å². The predicted molar refractivity (Wildman–Crippen MR) is 129 cm³/mol. The summed E-state index contributed by atoms with van der Waals surface area (Å²) in [6.45, 7) is 4.97. The van der Waals surface area contributed by atoms with Gasteiger partial charge in [0.2, 0.25) is 0 Å². The molecule has 0 aliphatic carbocycles. The van der Waals surface area contributed by atoms with Crippen LogP contribution in [0.1, 0.15) is 40.6 Å². The molecule has 0 radical (unpaired) electrons. The van der Waals surface area contributed by atoms with E-state index in [1.807, 2.05) is 40.0 Å². The number of carbonyl (C=O) groups is 1. The third kappa shape index (κ3) is 5.72. The van der Waals surface area contributed by atoms with Gasteiger partial charge in [-0.3, -0.25) is 4.79 Å². The molecule has 192 valence electrons. The summed E-state index contributed by atoms with van der Waals surface area (Å²) in [5.41, 5.74) is 2.40. The molecule has 2 saturated heterocycles. The Morgan fingerprint density at radius 2 is 1.89 bits per heavy atom. The lowest BCUT2D eigenvalue weighted by atomic mass is 9.99. The Hall–Kier alpha value is -3.35. The average Bonchev–Trinajstić information content (AvgIpc) is 3.57. The number of hydrogen-bond donors (Lipinski definition) is 1. The minimum absolute atomic E-state index is 0.0135. The molecular formula is C24H32N8O4. The summed E-state index contributed by atoms with van der Waals surface area (Å²) in [5, 5.41) is 20.6. The molecule has 0 bridgehead atoms. The molecule has 1 N–H and O–H groups in total. The Bertz CT molecular complexity index is 1120. The second-order valence-corrected chi connectivity index (χ2v) is 9.07. The standard InChI is InChI=1S/C24H32N8O4/c1-34-17-31-16-21(14-25-31)26-22(23-27-28-29-32(23)15-18-6-10-35-11-7-18)19-2-4-20(5-3-19)24(33)30-8-12-36-13-9-30/h2-5,14,16,18,22,26H,6-13,15,17H2,1H3. The lowest BCUT2D eigenvalue weighted by molar-refractivity contribution is 0.0303. The first-order chi connectivity index (χ1) is 17.7. The Balaban J connectivity index is 1.40. The molecular weight excluding hydrogens is 464 g/mol. The number of benzene rings is 1. The first-order valence-corrected chi connectivity index (χ1v) is 12.3. The number of tetrazole rings is 1. The van der Waals surface area contributed by atoms with Crippen molar-refractivity contribution in [3.63, 3.8) is 0 Å². The molecule has 0 spiro atoms. The van der Waals surface area contributed by atoms with Crippen molar-refractivity contribution in [2.24, 2.45) is 5.92 Å². The van der Waals surface area contributed by atoms with Gasteiger partial charge in [0, 0.05) is 45.5 Å². The number of carbonyl (C=O) groups excluding carboxylic acids is 1. The van der Waals surface area contributed by atoms with Crippen LogP contribution in [0.2, 0.25) is 0 Å². The number of nitrogens with zero attached hydrogens (tertiary/aromatic N) is 7. The molecule has 0 saturated carbocycles. The van der Waals surface area contributed by atoms with Gasteiger partial charge in [-0.2, -0.15) is 5.10 Å². The van der Waals surface area contributed by atoms with E-state index in [4.69, 9.17) is 14.2 Å². The highest BCUT2D eigenvalue weighted by atomic mass is 16.5. The fourth-order valence-electron chi connectivity index (χ4n) is 4.59. The largest absolute Gasteiger partial charge is 0.381 e. The molecule has 1 atom stereocenters. The number of morpholine rings is 1. The smallest absolute Gasteiger partial charge is 0.254 e. The second kappa shape index (κ2) is 11.6. The van der Waals surface area contributed by atoms with E-state index in [1.54, 1.807) is 18.0 Å². The summed E-state index contributed by atoms with van der Waals surface area (Å²) < 4.78 is 19.6. The summed E-state index contributed by atoms with van der Waals surface area (Å²) >= 11 is 0. The SMILES string of the molecule is COCn1cc(NC(c2ccc(C(=O)N3CCOCC3)cc2)c2nnnn2CC2CCOCC2)cn1. The van der Waals surface area contributed by atoms with Gasteiger partial charge in [0.05, 0.1) is 31.3 Å². The lowest BCUT2D eigenvalue weighted by Crippen LogP contribution is -2.40. The molecule has 1 unspecified atom stereocenters. The minimum atomic E-state index is -0.340. The fraction of sp³-hybridized carbons (Fsp3) is 0.542. The molecule has 4 heterocycles. The van der Waals surface area contributed by atoms with Crippen molar-refractivity contribution in [1.82, 2.24) is 34.9 Å². The Labute approximate surface area is 209 Å². The summed E-state index contributed by atoms with van der Waals surface area (Å²) in [6, 6.07) is 7.30. The van der Waals surface area contributed by atoms with Gasteiger partial charge in [-0.05, 0) is 46.9 Å². The van der Waals surface area contributed by atoms with Crippen LogP contribution in [0, 0.1) is 5.92 Å². The Morgan fingerprint density at radius 3 is 2.64 bits per heavy atom. The molecule has 2 aliphatic heterocycles. The molecule has 3 aromatic rings. The number of hydrogen-bond acceptors (Lipinski definition) is 9. The highest BCUT2D eigenvalue weighted by Gasteiger charge is 2.25. The van der Waals surface area contributed by atoms with Crippen molar-refractivity contribution in [2.45, 2.75) is 32.2 Å². The Kier molecular flexibility index (Phi) is 7.84. The number of aromatic nitrogens is 6. The first kappa shape index (κ1) is 24.3. The number of ether oxygens (including phenoxy) is 3. The van der Waals surface area contributed by atoms with E-state index >= 15 is 0 Å². The summed E-state index contributed by atoms with van der Waals surface area (Å²) in [6.07, 6.45) is 5.59. The van der Waals surface area contributed by atoms with Gasteiger partial charge < -0.3 is 24.4 Å². The first-order valence-electron chi connectivity index (χ1n) is 12.3. The third-order valence-electron chi connectivity index (χ3n) is 6.58. The van der Waals surface area contributed by atoms with Crippen LogP contribution in [-0.4, -0.2) is 87.4 Å². The van der Waals surface area contributed by atoms with Crippen LogP contribution in [0.25, 0.3) is 0 Å². The molecule has 5 rings (SSSR count). The van der Waals surface area contributed by atoms with E-state index in [-0.39, 0.29) is 11.9 Å². The van der Waals surface area contributed by atoms with Gasteiger partial charge in [-0.25, -0.2) is 9.36 Å². The van der Waals surface area contributed by atoms with Crippen LogP contribution in [0.3, 0.4) is 0 Å². The molecule has 2 fully saturated rings. The Morgan fingerprint density at radius 1 is 1.14 bits per heavy atom. The maximum atomic E-state index is 12.9. The van der Waals surface area contributed by atoms with Crippen LogP contribution < -0.4 is 5.32 Å². The van der Waals surface area contributed by atoms with E-state index in [0.29, 0.717) is 50.3 Å². The highest BCUT2D eigenvalue weighted by molar-refractivity contribution is 5.94. The van der Waals surface area contributed by atoms with E-state index in [9.17, 15) is 4.79 Å². The van der Waals surface area contributed by atoms with E-state index < -0.39 is 0 Å². The molecule has 12 heteroatoms. The molecule has 2 aromatic heterocycles. The zero-order chi connectivity index (χ0) is 24.7. The highest BCUT2D eigenvalue weighted by Crippen LogP contribution is 2.27. The van der Waals surface area contributed by atoms with Crippen molar-refractivity contribution < 1.29 is 19.0 Å².